The second kappa shape index (κ2) is 4.83. The van der Waals surface area contributed by atoms with Crippen molar-refractivity contribution in [3.05, 3.63) is 0 Å². The van der Waals surface area contributed by atoms with Gasteiger partial charge < -0.3 is 16.4 Å². The molecule has 5 heteroatoms. The molecule has 5 nitrogen and oxygen atoms in total. The zero-order chi connectivity index (χ0) is 11.4. The van der Waals surface area contributed by atoms with E-state index in [1.165, 1.54) is 0 Å². The maximum absolute atomic E-state index is 11.3. The number of carbonyl (C=O) groups is 2. The molecule has 0 aromatic rings. The summed E-state index contributed by atoms with van der Waals surface area (Å²) >= 11 is 0. The van der Waals surface area contributed by atoms with Crippen molar-refractivity contribution in [2.24, 2.45) is 11.1 Å². The molecule has 0 aliphatic carbocycles. The zero-order valence-corrected chi connectivity index (χ0v) is 9.18. The van der Waals surface area contributed by atoms with Gasteiger partial charge in [-0.05, 0) is 12.3 Å². The highest BCUT2D eigenvalue weighted by Gasteiger charge is 2.16. The smallest absolute Gasteiger partial charge is 0.312 e. The molecule has 0 heterocycles. The Bertz CT molecular complexity index is 221. The Morgan fingerprint density at radius 3 is 2.21 bits per heavy atom. The van der Waals surface area contributed by atoms with Gasteiger partial charge in [0.25, 0.3) is 0 Å². The van der Waals surface area contributed by atoms with Crippen molar-refractivity contribution < 1.29 is 9.59 Å². The van der Waals surface area contributed by atoms with Crippen molar-refractivity contribution in [3.8, 4) is 0 Å². The minimum absolute atomic E-state index is 0.0299. The van der Waals surface area contributed by atoms with Crippen molar-refractivity contribution in [1.82, 2.24) is 10.6 Å². The topological polar surface area (TPSA) is 84.2 Å². The first-order chi connectivity index (χ1) is 6.22. The first-order valence-corrected chi connectivity index (χ1v) is 4.56. The number of urea groups is 1. The van der Waals surface area contributed by atoms with E-state index in [0.29, 0.717) is 6.54 Å². The number of nitrogens with one attached hydrogen (secondary N) is 2. The number of rotatable bonds is 3. The van der Waals surface area contributed by atoms with Crippen LogP contribution in [0.4, 0.5) is 4.79 Å². The van der Waals surface area contributed by atoms with E-state index in [4.69, 9.17) is 5.73 Å². The molecule has 1 atom stereocenters. The first-order valence-electron chi connectivity index (χ1n) is 4.56. The number of hydrogen-bond acceptors (Lipinski definition) is 2. The van der Waals surface area contributed by atoms with E-state index in [-0.39, 0.29) is 11.3 Å². The van der Waals surface area contributed by atoms with Gasteiger partial charge in [-0.15, -0.1) is 0 Å². The third kappa shape index (κ3) is 6.28. The number of primary amides is 1. The molecule has 82 valence electrons. The normalized spacial score (nSPS) is 13.1. The van der Waals surface area contributed by atoms with Crippen molar-refractivity contribution >= 4 is 11.9 Å². The summed E-state index contributed by atoms with van der Waals surface area (Å²) in [6.07, 6.45) is 0. The molecule has 0 spiro atoms. The van der Waals surface area contributed by atoms with Gasteiger partial charge in [0.05, 0.1) is 0 Å². The van der Waals surface area contributed by atoms with Crippen LogP contribution in [0, 0.1) is 5.41 Å². The van der Waals surface area contributed by atoms with E-state index in [1.54, 1.807) is 6.92 Å². The molecule has 0 aliphatic heterocycles. The average Bonchev–Trinajstić information content (AvgIpc) is 1.97. The Labute approximate surface area is 84.4 Å². The van der Waals surface area contributed by atoms with Gasteiger partial charge in [0.2, 0.25) is 5.91 Å². The molecular formula is C9H19N3O2. The molecule has 0 fully saturated rings. The number of carbonyl (C=O) groups excluding carboxylic acids is 2. The summed E-state index contributed by atoms with van der Waals surface area (Å²) in [6, 6.07) is -1.28. The molecule has 0 saturated carbocycles. The lowest BCUT2D eigenvalue weighted by molar-refractivity contribution is -0.122. The van der Waals surface area contributed by atoms with Gasteiger partial charge in [0.15, 0.2) is 0 Å². The second-order valence-corrected chi connectivity index (χ2v) is 4.51. The maximum Gasteiger partial charge on any atom is 0.312 e. The largest absolute Gasteiger partial charge is 0.354 e. The first kappa shape index (κ1) is 12.7. The molecular weight excluding hydrogens is 182 g/mol. The predicted octanol–water partition coefficient (Wildman–Crippen LogP) is 0.206. The summed E-state index contributed by atoms with van der Waals surface area (Å²) in [5.74, 6) is -0.223. The fraction of sp³-hybridized carbons (Fsp3) is 0.778. The Kier molecular flexibility index (Phi) is 4.40. The van der Waals surface area contributed by atoms with E-state index >= 15 is 0 Å². The van der Waals surface area contributed by atoms with E-state index in [0.717, 1.165) is 0 Å². The van der Waals surface area contributed by atoms with E-state index in [2.05, 4.69) is 10.6 Å². The van der Waals surface area contributed by atoms with Gasteiger partial charge in [-0.3, -0.25) is 4.79 Å². The Morgan fingerprint density at radius 1 is 1.36 bits per heavy atom. The molecule has 0 saturated heterocycles. The molecule has 3 amide bonds. The summed E-state index contributed by atoms with van der Waals surface area (Å²) in [5.41, 5.74) is 4.91. The van der Waals surface area contributed by atoms with Crippen LogP contribution >= 0.6 is 0 Å². The highest BCUT2D eigenvalue weighted by molar-refractivity contribution is 5.86. The van der Waals surface area contributed by atoms with Crippen molar-refractivity contribution in [2.45, 2.75) is 33.7 Å². The highest BCUT2D eigenvalue weighted by Crippen LogP contribution is 2.10. The summed E-state index contributed by atoms with van der Waals surface area (Å²) < 4.78 is 0. The van der Waals surface area contributed by atoms with Crippen LogP contribution in [0.5, 0.6) is 0 Å². The number of nitrogens with two attached hydrogens (primary N) is 1. The number of hydrogen-bond donors (Lipinski definition) is 3. The lowest BCUT2D eigenvalue weighted by Crippen LogP contribution is -2.48. The van der Waals surface area contributed by atoms with Crippen molar-refractivity contribution in [1.29, 1.82) is 0 Å². The fourth-order valence-electron chi connectivity index (χ4n) is 0.784. The lowest BCUT2D eigenvalue weighted by atomic mass is 9.97. The molecule has 0 aliphatic rings. The van der Waals surface area contributed by atoms with E-state index < -0.39 is 12.1 Å². The second-order valence-electron chi connectivity index (χ2n) is 4.51. The van der Waals surface area contributed by atoms with Crippen LogP contribution in [0.15, 0.2) is 0 Å². The standard InChI is InChI=1S/C9H19N3O2/c1-6(12-8(10)14)7(13)11-5-9(2,3)4/h6H,5H2,1-4H3,(H,11,13)(H3,10,12,14). The average molecular weight is 201 g/mol. The van der Waals surface area contributed by atoms with Gasteiger partial charge in [0, 0.05) is 6.54 Å². The zero-order valence-electron chi connectivity index (χ0n) is 9.18. The Morgan fingerprint density at radius 2 is 1.86 bits per heavy atom. The van der Waals surface area contributed by atoms with Crippen LogP contribution in [-0.2, 0) is 4.79 Å². The summed E-state index contributed by atoms with van der Waals surface area (Å²) in [6.45, 7) is 8.19. The minimum Gasteiger partial charge on any atom is -0.354 e. The summed E-state index contributed by atoms with van der Waals surface area (Å²) in [5, 5.41) is 5.02. The van der Waals surface area contributed by atoms with E-state index in [9.17, 15) is 9.59 Å². The number of amides is 3. The third-order valence-corrected chi connectivity index (χ3v) is 1.54. The van der Waals surface area contributed by atoms with E-state index in [1.807, 2.05) is 20.8 Å². The van der Waals surface area contributed by atoms with Crippen LogP contribution in [0.25, 0.3) is 0 Å². The van der Waals surface area contributed by atoms with Crippen LogP contribution in [0.3, 0.4) is 0 Å². The molecule has 4 N–H and O–H groups in total. The molecule has 1 unspecified atom stereocenters. The molecule has 0 aromatic heterocycles. The summed E-state index contributed by atoms with van der Waals surface area (Å²) in [4.78, 5) is 21.8. The van der Waals surface area contributed by atoms with Crippen molar-refractivity contribution in [2.75, 3.05) is 6.54 Å². The summed E-state index contributed by atoms with van der Waals surface area (Å²) in [7, 11) is 0. The Hall–Kier alpha value is -1.26. The Balaban J connectivity index is 3.91. The SMILES string of the molecule is CC(NC(N)=O)C(=O)NCC(C)(C)C. The quantitative estimate of drug-likeness (QED) is 0.609. The van der Waals surface area contributed by atoms with Gasteiger partial charge in [-0.1, -0.05) is 20.8 Å². The van der Waals surface area contributed by atoms with Crippen LogP contribution in [-0.4, -0.2) is 24.5 Å². The molecule has 0 rings (SSSR count). The molecule has 14 heavy (non-hydrogen) atoms. The minimum atomic E-state index is -0.691. The van der Waals surface area contributed by atoms with Crippen LogP contribution < -0.4 is 16.4 Å². The lowest BCUT2D eigenvalue weighted by Gasteiger charge is -2.20. The molecule has 0 bridgehead atoms. The highest BCUT2D eigenvalue weighted by atomic mass is 16.2. The third-order valence-electron chi connectivity index (χ3n) is 1.54. The van der Waals surface area contributed by atoms with Gasteiger partial charge in [0.1, 0.15) is 6.04 Å². The van der Waals surface area contributed by atoms with Crippen LogP contribution in [0.2, 0.25) is 0 Å². The monoisotopic (exact) mass is 201 g/mol. The van der Waals surface area contributed by atoms with Crippen LogP contribution in [0.1, 0.15) is 27.7 Å². The molecule has 0 aromatic carbocycles. The predicted molar refractivity (Wildman–Crippen MR) is 54.6 cm³/mol. The van der Waals surface area contributed by atoms with Gasteiger partial charge >= 0.3 is 6.03 Å². The maximum atomic E-state index is 11.3. The fourth-order valence-corrected chi connectivity index (χ4v) is 0.784. The van der Waals surface area contributed by atoms with Gasteiger partial charge in [-0.25, -0.2) is 4.79 Å². The van der Waals surface area contributed by atoms with Gasteiger partial charge in [-0.2, -0.15) is 0 Å². The van der Waals surface area contributed by atoms with Crippen molar-refractivity contribution in [3.63, 3.8) is 0 Å². The molecule has 0 radical (unpaired) electrons.